The Bertz CT molecular complexity index is 1170. The molecule has 0 amide bonds. The first-order valence-electron chi connectivity index (χ1n) is 9.69. The number of nitrogens with one attached hydrogen (secondary N) is 1. The van der Waals surface area contributed by atoms with E-state index in [1.807, 2.05) is 36.4 Å². The average molecular weight is 554 g/mol. The second-order valence-corrected chi connectivity index (χ2v) is 10.8. The van der Waals surface area contributed by atoms with Gasteiger partial charge in [0, 0.05) is 17.4 Å². The van der Waals surface area contributed by atoms with Gasteiger partial charge in [-0.05, 0) is 35.4 Å². The van der Waals surface area contributed by atoms with E-state index in [4.69, 9.17) is 44.0 Å². The molecule has 1 N–H and O–H groups in total. The topological polar surface area (TPSA) is 81.4 Å². The van der Waals surface area contributed by atoms with Crippen LogP contribution in [0, 0.1) is 0 Å². The lowest BCUT2D eigenvalue weighted by Gasteiger charge is -2.27. The maximum atomic E-state index is 11.8. The third kappa shape index (κ3) is 6.49. The molecular weight excluding hydrogens is 530 g/mol. The molecule has 11 heteroatoms. The standard InChI is InChI=1S/C22H23Cl3N2O4S.ClH/c1-22(2,15-10-17(24)20(18(25)11-15)30-9-8-23)14-4-6-16(7-5-14)26-12-19-21(27-13-31-19)32(3,28)29;/h4-7,10-11,13,26H,8-9,12H2,1-3H3;1H. The Balaban J connectivity index is 0.00000385. The number of aromatic nitrogens is 1. The fourth-order valence-corrected chi connectivity index (χ4v) is 4.67. The van der Waals surface area contributed by atoms with Gasteiger partial charge in [0.15, 0.2) is 32.8 Å². The Morgan fingerprint density at radius 1 is 1.09 bits per heavy atom. The van der Waals surface area contributed by atoms with Crippen molar-refractivity contribution in [3.8, 4) is 5.75 Å². The highest BCUT2D eigenvalue weighted by Gasteiger charge is 2.26. The molecule has 1 heterocycles. The largest absolute Gasteiger partial charge is 0.489 e. The molecule has 3 aromatic rings. The Hall–Kier alpha value is -1.64. The van der Waals surface area contributed by atoms with Crippen LogP contribution in [-0.4, -0.2) is 32.1 Å². The van der Waals surface area contributed by atoms with Gasteiger partial charge in [-0.15, -0.1) is 24.0 Å². The summed E-state index contributed by atoms with van der Waals surface area (Å²) >= 11 is 18.5. The zero-order valence-electron chi connectivity index (χ0n) is 18.2. The minimum Gasteiger partial charge on any atom is -0.489 e. The summed E-state index contributed by atoms with van der Waals surface area (Å²) in [7, 11) is -3.45. The first-order valence-corrected chi connectivity index (χ1v) is 12.9. The van der Waals surface area contributed by atoms with Crippen LogP contribution in [0.25, 0.3) is 0 Å². The number of anilines is 1. The number of hydrogen-bond donors (Lipinski definition) is 1. The number of benzene rings is 2. The van der Waals surface area contributed by atoms with Crippen LogP contribution in [0.3, 0.4) is 0 Å². The molecule has 3 rings (SSSR count). The molecule has 0 spiro atoms. The maximum absolute atomic E-state index is 11.8. The third-order valence-corrected chi connectivity index (χ3v) is 6.81. The van der Waals surface area contributed by atoms with Gasteiger partial charge in [-0.25, -0.2) is 13.4 Å². The summed E-state index contributed by atoms with van der Waals surface area (Å²) in [5, 5.41) is 3.95. The molecule has 2 aromatic carbocycles. The lowest BCUT2D eigenvalue weighted by Crippen LogP contribution is -2.19. The van der Waals surface area contributed by atoms with Crippen molar-refractivity contribution in [3.63, 3.8) is 0 Å². The van der Waals surface area contributed by atoms with E-state index in [9.17, 15) is 8.42 Å². The number of halogens is 4. The molecule has 0 saturated carbocycles. The second kappa shape index (κ2) is 11.2. The van der Waals surface area contributed by atoms with Crippen molar-refractivity contribution in [2.24, 2.45) is 0 Å². The van der Waals surface area contributed by atoms with Crippen LogP contribution in [0.1, 0.15) is 30.7 Å². The number of alkyl halides is 1. The van der Waals surface area contributed by atoms with Crippen molar-refractivity contribution in [2.45, 2.75) is 30.8 Å². The highest BCUT2D eigenvalue weighted by atomic mass is 35.5. The summed E-state index contributed by atoms with van der Waals surface area (Å²) in [6, 6.07) is 11.5. The predicted molar refractivity (Wildman–Crippen MR) is 135 cm³/mol. The van der Waals surface area contributed by atoms with Crippen LogP contribution in [-0.2, 0) is 21.8 Å². The van der Waals surface area contributed by atoms with E-state index in [-0.39, 0.29) is 35.2 Å². The normalized spacial score (nSPS) is 11.7. The Morgan fingerprint density at radius 3 is 2.24 bits per heavy atom. The van der Waals surface area contributed by atoms with Crippen molar-refractivity contribution >= 4 is 62.7 Å². The van der Waals surface area contributed by atoms with Gasteiger partial charge in [-0.1, -0.05) is 49.2 Å². The zero-order chi connectivity index (χ0) is 23.5. The van der Waals surface area contributed by atoms with Gasteiger partial charge in [-0.2, -0.15) is 0 Å². The van der Waals surface area contributed by atoms with Crippen molar-refractivity contribution in [3.05, 3.63) is 69.7 Å². The maximum Gasteiger partial charge on any atom is 0.198 e. The van der Waals surface area contributed by atoms with Gasteiger partial charge in [0.2, 0.25) is 0 Å². The summed E-state index contributed by atoms with van der Waals surface area (Å²) in [6.45, 7) is 4.66. The monoisotopic (exact) mass is 552 g/mol. The van der Waals surface area contributed by atoms with Crippen LogP contribution in [0.5, 0.6) is 5.75 Å². The van der Waals surface area contributed by atoms with Crippen LogP contribution < -0.4 is 10.1 Å². The number of sulfone groups is 1. The van der Waals surface area contributed by atoms with E-state index < -0.39 is 9.84 Å². The van der Waals surface area contributed by atoms with Gasteiger partial charge >= 0.3 is 0 Å². The third-order valence-electron chi connectivity index (χ3n) is 5.06. The van der Waals surface area contributed by atoms with Crippen LogP contribution in [0.15, 0.2) is 52.2 Å². The quantitative estimate of drug-likeness (QED) is 0.310. The van der Waals surface area contributed by atoms with Crippen LogP contribution in [0.2, 0.25) is 10.0 Å². The predicted octanol–water partition coefficient (Wildman–Crippen LogP) is 6.36. The van der Waals surface area contributed by atoms with Crippen LogP contribution in [0.4, 0.5) is 5.69 Å². The number of ether oxygens (including phenoxy) is 1. The second-order valence-electron chi connectivity index (χ2n) is 7.72. The molecule has 0 fully saturated rings. The van der Waals surface area contributed by atoms with Gasteiger partial charge < -0.3 is 14.5 Å². The smallest absolute Gasteiger partial charge is 0.198 e. The SMILES string of the molecule is CC(C)(c1ccc(NCc2ocnc2S(C)(=O)=O)cc1)c1cc(Cl)c(OCCCl)c(Cl)c1.Cl. The molecular formula is C22H24Cl4N2O4S. The molecule has 180 valence electrons. The number of rotatable bonds is 9. The summed E-state index contributed by atoms with van der Waals surface area (Å²) < 4.78 is 34.3. The van der Waals surface area contributed by atoms with E-state index in [1.54, 1.807) is 0 Å². The van der Waals surface area contributed by atoms with Crippen molar-refractivity contribution in [1.29, 1.82) is 0 Å². The fraction of sp³-hybridized carbons (Fsp3) is 0.318. The lowest BCUT2D eigenvalue weighted by molar-refractivity contribution is 0.343. The first-order chi connectivity index (χ1) is 15.0. The average Bonchev–Trinajstić information content (AvgIpc) is 3.21. The molecule has 0 unspecified atom stereocenters. The molecule has 6 nitrogen and oxygen atoms in total. The summed E-state index contributed by atoms with van der Waals surface area (Å²) in [6.07, 6.45) is 2.22. The highest BCUT2D eigenvalue weighted by Crippen LogP contribution is 2.40. The van der Waals surface area contributed by atoms with Crippen molar-refractivity contribution in [2.75, 3.05) is 24.1 Å². The summed E-state index contributed by atoms with van der Waals surface area (Å²) in [4.78, 5) is 3.78. The molecule has 0 radical (unpaired) electrons. The first kappa shape index (κ1) is 27.6. The molecule has 1 aromatic heterocycles. The Kier molecular flexibility index (Phi) is 9.36. The zero-order valence-corrected chi connectivity index (χ0v) is 22.1. The molecule has 33 heavy (non-hydrogen) atoms. The molecule has 0 saturated heterocycles. The molecule has 0 aliphatic heterocycles. The van der Waals surface area contributed by atoms with Gasteiger partial charge in [0.25, 0.3) is 0 Å². The molecule has 0 bridgehead atoms. The Morgan fingerprint density at radius 2 is 1.70 bits per heavy atom. The van der Waals surface area contributed by atoms with Gasteiger partial charge in [0.1, 0.15) is 6.61 Å². The molecule has 0 atom stereocenters. The van der Waals surface area contributed by atoms with Crippen LogP contribution >= 0.6 is 47.2 Å². The Labute approximate surface area is 214 Å². The minimum atomic E-state index is -3.45. The van der Waals surface area contributed by atoms with Crippen molar-refractivity contribution < 1.29 is 17.6 Å². The summed E-state index contributed by atoms with van der Waals surface area (Å²) in [5.41, 5.74) is 2.40. The molecule has 0 aliphatic rings. The molecule has 0 aliphatic carbocycles. The van der Waals surface area contributed by atoms with Crippen molar-refractivity contribution in [1.82, 2.24) is 4.98 Å². The van der Waals surface area contributed by atoms with E-state index >= 15 is 0 Å². The fourth-order valence-electron chi connectivity index (χ4n) is 3.23. The van der Waals surface area contributed by atoms with E-state index in [2.05, 4.69) is 24.1 Å². The number of nitrogens with zero attached hydrogens (tertiary/aromatic N) is 1. The van der Waals surface area contributed by atoms with E-state index in [1.165, 1.54) is 0 Å². The van der Waals surface area contributed by atoms with Gasteiger partial charge in [0.05, 0.1) is 22.5 Å². The van der Waals surface area contributed by atoms with Gasteiger partial charge in [-0.3, -0.25) is 0 Å². The van der Waals surface area contributed by atoms with E-state index in [0.29, 0.717) is 28.3 Å². The number of oxazole rings is 1. The lowest BCUT2D eigenvalue weighted by atomic mass is 9.78. The highest BCUT2D eigenvalue weighted by molar-refractivity contribution is 7.90. The van der Waals surface area contributed by atoms with E-state index in [0.717, 1.165) is 29.5 Å². The summed E-state index contributed by atoms with van der Waals surface area (Å²) in [5.74, 6) is 1.03. The number of hydrogen-bond acceptors (Lipinski definition) is 6. The minimum absolute atomic E-state index is 0.